The Hall–Kier alpha value is -4.30. The van der Waals surface area contributed by atoms with Gasteiger partial charge in [-0.3, -0.25) is 0 Å². The van der Waals surface area contributed by atoms with Crippen LogP contribution in [0.15, 0.2) is 110 Å². The molecule has 170 valence electrons. The molecule has 2 nitrogen and oxygen atoms in total. The smallest absolute Gasteiger partial charge is 0.0547 e. The first-order valence-electron chi connectivity index (χ1n) is 12.2. The molecular weight excluding hydrogens is 424 g/mol. The van der Waals surface area contributed by atoms with Crippen LogP contribution < -0.4 is 5.32 Å². The van der Waals surface area contributed by atoms with Crippen LogP contribution in [0.2, 0.25) is 0 Å². The maximum atomic E-state index is 3.92. The first-order valence-corrected chi connectivity index (χ1v) is 12.2. The van der Waals surface area contributed by atoms with Gasteiger partial charge in [0.25, 0.3) is 0 Å². The van der Waals surface area contributed by atoms with E-state index in [0.717, 1.165) is 18.4 Å². The van der Waals surface area contributed by atoms with Gasteiger partial charge in [-0.05, 0) is 94.6 Å². The molecule has 0 fully saturated rings. The number of hydrogen-bond donors (Lipinski definition) is 1. The molecule has 0 aliphatic heterocycles. The van der Waals surface area contributed by atoms with Crippen LogP contribution in [0.3, 0.4) is 0 Å². The standard InChI is InChI=1S/C33H28N2/c1-3-8-23(17-18-34-2)28-14-16-32-30(21-28)31-20-26-11-6-7-12-27(26)22-33(31)35(32)29-15-13-24-9-4-5-10-25(24)19-29/h3,5-8,10-22,34H,1,4,9H2,2H3/b18-17-,23-8+. The molecule has 1 aliphatic rings. The summed E-state index contributed by atoms with van der Waals surface area (Å²) in [6, 6.07) is 27.0. The Bertz CT molecular complexity index is 1690. The molecule has 1 N–H and O–H groups in total. The fourth-order valence-electron chi connectivity index (χ4n) is 5.26. The van der Waals surface area contributed by atoms with E-state index in [1.807, 2.05) is 19.3 Å². The minimum absolute atomic E-state index is 1.12. The van der Waals surface area contributed by atoms with Crippen molar-refractivity contribution in [2.75, 3.05) is 7.05 Å². The van der Waals surface area contributed by atoms with Gasteiger partial charge >= 0.3 is 0 Å². The van der Waals surface area contributed by atoms with Crippen LogP contribution in [-0.4, -0.2) is 11.6 Å². The molecule has 0 spiro atoms. The quantitative estimate of drug-likeness (QED) is 0.266. The van der Waals surface area contributed by atoms with Crippen molar-refractivity contribution in [2.24, 2.45) is 0 Å². The molecule has 0 saturated heterocycles. The number of hydrogen-bond acceptors (Lipinski definition) is 1. The molecule has 1 aromatic heterocycles. The monoisotopic (exact) mass is 452 g/mol. The first-order chi connectivity index (χ1) is 17.3. The molecule has 4 aromatic carbocycles. The van der Waals surface area contributed by atoms with E-state index in [2.05, 4.69) is 114 Å². The molecule has 0 bridgehead atoms. The number of benzene rings is 4. The van der Waals surface area contributed by atoms with Crippen LogP contribution in [0.4, 0.5) is 0 Å². The van der Waals surface area contributed by atoms with Gasteiger partial charge in [-0.15, -0.1) is 0 Å². The van der Waals surface area contributed by atoms with E-state index in [9.17, 15) is 0 Å². The summed E-state index contributed by atoms with van der Waals surface area (Å²) in [5, 5.41) is 8.14. The van der Waals surface area contributed by atoms with Crippen LogP contribution >= 0.6 is 0 Å². The molecule has 0 atom stereocenters. The maximum absolute atomic E-state index is 3.92. The van der Waals surface area contributed by atoms with Crippen LogP contribution in [0.5, 0.6) is 0 Å². The Morgan fingerprint density at radius 3 is 2.57 bits per heavy atom. The molecule has 35 heavy (non-hydrogen) atoms. The van der Waals surface area contributed by atoms with Crippen LogP contribution in [0.1, 0.15) is 23.1 Å². The average Bonchev–Trinajstić information content (AvgIpc) is 3.22. The second-order valence-corrected chi connectivity index (χ2v) is 9.09. The summed E-state index contributed by atoms with van der Waals surface area (Å²) in [5.41, 5.74) is 8.71. The predicted molar refractivity (Wildman–Crippen MR) is 152 cm³/mol. The van der Waals surface area contributed by atoms with Crippen molar-refractivity contribution in [1.82, 2.24) is 9.88 Å². The minimum Gasteiger partial charge on any atom is -0.394 e. The molecule has 2 heteroatoms. The molecular formula is C33H28N2. The highest BCUT2D eigenvalue weighted by molar-refractivity contribution is 6.14. The normalized spacial score (nSPS) is 13.7. The van der Waals surface area contributed by atoms with Gasteiger partial charge in [0, 0.05) is 23.5 Å². The molecule has 0 saturated carbocycles. The molecule has 0 radical (unpaired) electrons. The summed E-state index contributed by atoms with van der Waals surface area (Å²) < 4.78 is 2.42. The summed E-state index contributed by atoms with van der Waals surface area (Å²) in [7, 11) is 1.91. The lowest BCUT2D eigenvalue weighted by Gasteiger charge is -2.14. The zero-order valence-electron chi connectivity index (χ0n) is 20.0. The zero-order chi connectivity index (χ0) is 23.8. The number of rotatable bonds is 5. The van der Waals surface area contributed by atoms with E-state index in [1.165, 1.54) is 55.0 Å². The minimum atomic E-state index is 1.12. The van der Waals surface area contributed by atoms with Crippen LogP contribution in [0, 0.1) is 0 Å². The third-order valence-electron chi connectivity index (χ3n) is 6.96. The van der Waals surface area contributed by atoms with Gasteiger partial charge in [0.15, 0.2) is 0 Å². The van der Waals surface area contributed by atoms with Crippen molar-refractivity contribution >= 4 is 44.2 Å². The molecule has 1 aliphatic carbocycles. The van der Waals surface area contributed by atoms with Gasteiger partial charge in [0.1, 0.15) is 0 Å². The number of aryl methyl sites for hydroxylation is 1. The summed E-state index contributed by atoms with van der Waals surface area (Å²) >= 11 is 0. The first kappa shape index (κ1) is 21.2. The highest BCUT2D eigenvalue weighted by Crippen LogP contribution is 2.37. The molecule has 6 rings (SSSR count). The van der Waals surface area contributed by atoms with E-state index in [4.69, 9.17) is 0 Å². The van der Waals surface area contributed by atoms with E-state index < -0.39 is 0 Å². The van der Waals surface area contributed by atoms with Crippen molar-refractivity contribution in [2.45, 2.75) is 12.8 Å². The van der Waals surface area contributed by atoms with E-state index >= 15 is 0 Å². The number of nitrogens with zero attached hydrogens (tertiary/aromatic N) is 1. The van der Waals surface area contributed by atoms with Crippen LogP contribution in [-0.2, 0) is 6.42 Å². The van der Waals surface area contributed by atoms with Crippen molar-refractivity contribution in [3.05, 3.63) is 127 Å². The number of nitrogens with one attached hydrogen (secondary N) is 1. The Morgan fingerprint density at radius 1 is 0.914 bits per heavy atom. The van der Waals surface area contributed by atoms with E-state index in [1.54, 1.807) is 0 Å². The zero-order valence-corrected chi connectivity index (χ0v) is 20.0. The largest absolute Gasteiger partial charge is 0.394 e. The molecule has 5 aromatic rings. The highest BCUT2D eigenvalue weighted by atomic mass is 15.0. The van der Waals surface area contributed by atoms with Crippen molar-refractivity contribution in [3.63, 3.8) is 0 Å². The number of allylic oxidation sites excluding steroid dienone is 5. The summed E-state index contributed by atoms with van der Waals surface area (Å²) in [6.07, 6.45) is 14.7. The third kappa shape index (κ3) is 3.68. The number of aromatic nitrogens is 1. The Morgan fingerprint density at radius 2 is 1.74 bits per heavy atom. The fraction of sp³-hybridized carbons (Fsp3) is 0.0909. The lowest BCUT2D eigenvalue weighted by atomic mass is 9.97. The van der Waals surface area contributed by atoms with Gasteiger partial charge in [-0.25, -0.2) is 0 Å². The Labute approximate surface area is 206 Å². The second kappa shape index (κ2) is 8.81. The molecule has 0 unspecified atom stereocenters. The third-order valence-corrected chi connectivity index (χ3v) is 6.96. The topological polar surface area (TPSA) is 17.0 Å². The highest BCUT2D eigenvalue weighted by Gasteiger charge is 2.16. The van der Waals surface area contributed by atoms with Crippen molar-refractivity contribution < 1.29 is 0 Å². The van der Waals surface area contributed by atoms with Gasteiger partial charge in [0.05, 0.1) is 11.0 Å². The van der Waals surface area contributed by atoms with Gasteiger partial charge in [-0.2, -0.15) is 0 Å². The average molecular weight is 453 g/mol. The number of fused-ring (bicyclic) bond motifs is 5. The SMILES string of the molecule is C=C/C=C(\C=C/NC)c1ccc2c(c1)c1cc3ccccc3cc1n2-c1ccc2c(c1)C=CCC2. The van der Waals surface area contributed by atoms with Gasteiger partial charge < -0.3 is 9.88 Å². The summed E-state index contributed by atoms with van der Waals surface area (Å²) in [4.78, 5) is 0. The lowest BCUT2D eigenvalue weighted by Crippen LogP contribution is -1.99. The van der Waals surface area contributed by atoms with E-state index in [0.29, 0.717) is 0 Å². The van der Waals surface area contributed by atoms with Crippen molar-refractivity contribution in [1.29, 1.82) is 0 Å². The fourth-order valence-corrected chi connectivity index (χ4v) is 5.26. The van der Waals surface area contributed by atoms with E-state index in [-0.39, 0.29) is 0 Å². The Kier molecular flexibility index (Phi) is 5.35. The van der Waals surface area contributed by atoms with Gasteiger partial charge in [-0.1, -0.05) is 67.3 Å². The summed E-state index contributed by atoms with van der Waals surface area (Å²) in [6.45, 7) is 3.92. The van der Waals surface area contributed by atoms with Gasteiger partial charge in [0.2, 0.25) is 0 Å². The lowest BCUT2D eigenvalue weighted by molar-refractivity contribution is 0.982. The summed E-state index contributed by atoms with van der Waals surface area (Å²) in [5.74, 6) is 0. The maximum Gasteiger partial charge on any atom is 0.0547 e. The van der Waals surface area contributed by atoms with Crippen LogP contribution in [0.25, 0.3) is 49.9 Å². The molecule has 1 heterocycles. The molecule has 0 amide bonds. The Balaban J connectivity index is 1.67. The predicted octanol–water partition coefficient (Wildman–Crippen LogP) is 8.20. The second-order valence-electron chi connectivity index (χ2n) is 9.09. The van der Waals surface area contributed by atoms with Crippen molar-refractivity contribution in [3.8, 4) is 5.69 Å².